The van der Waals surface area contributed by atoms with Crippen molar-refractivity contribution in [3.05, 3.63) is 65.6 Å². The van der Waals surface area contributed by atoms with Gasteiger partial charge in [-0.2, -0.15) is 0 Å². The van der Waals surface area contributed by atoms with E-state index in [4.69, 9.17) is 13.6 Å². The first-order valence-corrected chi connectivity index (χ1v) is 11.2. The summed E-state index contributed by atoms with van der Waals surface area (Å²) in [6.07, 6.45) is 3.27. The molecule has 2 aliphatic rings. The highest BCUT2D eigenvalue weighted by Crippen LogP contribution is 2.32. The molecule has 4 heterocycles. The number of hydrogen-bond donors (Lipinski definition) is 2. The van der Waals surface area contributed by atoms with Crippen LogP contribution in [-0.2, 0) is 9.53 Å². The Morgan fingerprint density at radius 3 is 2.76 bits per heavy atom. The molecule has 33 heavy (non-hydrogen) atoms. The lowest BCUT2D eigenvalue weighted by molar-refractivity contribution is -0.139. The zero-order chi connectivity index (χ0) is 22.8. The van der Waals surface area contributed by atoms with Gasteiger partial charge in [0.25, 0.3) is 0 Å². The summed E-state index contributed by atoms with van der Waals surface area (Å²) in [5.74, 6) is 1.03. The third-order valence-corrected chi connectivity index (χ3v) is 6.11. The summed E-state index contributed by atoms with van der Waals surface area (Å²) in [7, 11) is 0. The SMILES string of the molecule is CCOC(=O)C1=C(CN2CCC(c3nc4ccccc4o3)CC2)NC(=O)N[C@H]1c1ccco1. The molecular formula is C24H26N4O5. The number of benzene rings is 1. The predicted octanol–water partition coefficient (Wildman–Crippen LogP) is 3.47. The van der Waals surface area contributed by atoms with Gasteiger partial charge in [-0.05, 0) is 57.1 Å². The molecule has 9 nitrogen and oxygen atoms in total. The van der Waals surface area contributed by atoms with E-state index in [9.17, 15) is 9.59 Å². The number of para-hydroxylation sites is 2. The van der Waals surface area contributed by atoms with Crippen molar-refractivity contribution in [2.24, 2.45) is 0 Å². The first kappa shape index (κ1) is 21.3. The van der Waals surface area contributed by atoms with E-state index in [1.807, 2.05) is 24.3 Å². The van der Waals surface area contributed by atoms with Crippen molar-refractivity contribution in [2.75, 3.05) is 26.2 Å². The van der Waals surface area contributed by atoms with Gasteiger partial charge >= 0.3 is 12.0 Å². The van der Waals surface area contributed by atoms with Crippen LogP contribution in [-0.4, -0.2) is 48.1 Å². The van der Waals surface area contributed by atoms with Crippen molar-refractivity contribution in [1.82, 2.24) is 20.5 Å². The van der Waals surface area contributed by atoms with Crippen LogP contribution < -0.4 is 10.6 Å². The van der Waals surface area contributed by atoms with E-state index < -0.39 is 12.0 Å². The van der Waals surface area contributed by atoms with Crippen LogP contribution in [0.1, 0.15) is 43.4 Å². The second-order valence-electron chi connectivity index (χ2n) is 8.23. The molecule has 1 aromatic carbocycles. The molecular weight excluding hydrogens is 424 g/mol. The average Bonchev–Trinajstić information content (AvgIpc) is 3.49. The summed E-state index contributed by atoms with van der Waals surface area (Å²) in [6.45, 7) is 4.00. The Hall–Kier alpha value is -3.59. The number of piperidine rings is 1. The number of carbonyl (C=O) groups is 2. The molecule has 2 aromatic heterocycles. The Morgan fingerprint density at radius 1 is 1.21 bits per heavy atom. The fourth-order valence-electron chi connectivity index (χ4n) is 4.49. The maximum Gasteiger partial charge on any atom is 0.338 e. The number of oxazole rings is 1. The largest absolute Gasteiger partial charge is 0.467 e. The summed E-state index contributed by atoms with van der Waals surface area (Å²) in [4.78, 5) is 32.1. The predicted molar refractivity (Wildman–Crippen MR) is 119 cm³/mol. The number of rotatable bonds is 6. The zero-order valence-electron chi connectivity index (χ0n) is 18.4. The molecule has 1 saturated heterocycles. The number of aromatic nitrogens is 1. The number of urea groups is 1. The molecule has 0 spiro atoms. The third kappa shape index (κ3) is 4.36. The number of nitrogens with zero attached hydrogens (tertiary/aromatic N) is 2. The minimum atomic E-state index is -0.694. The van der Waals surface area contributed by atoms with Gasteiger partial charge in [-0.15, -0.1) is 0 Å². The maximum atomic E-state index is 12.8. The van der Waals surface area contributed by atoms with Gasteiger partial charge in [0, 0.05) is 18.2 Å². The second-order valence-corrected chi connectivity index (χ2v) is 8.23. The Kier molecular flexibility index (Phi) is 5.87. The summed E-state index contributed by atoms with van der Waals surface area (Å²) < 4.78 is 16.8. The summed E-state index contributed by atoms with van der Waals surface area (Å²) in [6, 6.07) is 10.2. The number of esters is 1. The lowest BCUT2D eigenvalue weighted by atomic mass is 9.95. The molecule has 0 aliphatic carbocycles. The first-order valence-electron chi connectivity index (χ1n) is 11.2. The number of hydrogen-bond acceptors (Lipinski definition) is 7. The molecule has 0 unspecified atom stereocenters. The number of fused-ring (bicyclic) bond motifs is 1. The van der Waals surface area contributed by atoms with Crippen LogP contribution >= 0.6 is 0 Å². The van der Waals surface area contributed by atoms with Crippen molar-refractivity contribution in [3.63, 3.8) is 0 Å². The molecule has 5 rings (SSSR count). The Bertz CT molecular complexity index is 1140. The van der Waals surface area contributed by atoms with Crippen molar-refractivity contribution in [3.8, 4) is 0 Å². The van der Waals surface area contributed by atoms with Crippen LogP contribution in [0, 0.1) is 0 Å². The number of nitrogens with one attached hydrogen (secondary N) is 2. The topological polar surface area (TPSA) is 110 Å². The Balaban J connectivity index is 1.33. The number of amides is 2. The van der Waals surface area contributed by atoms with Crippen LogP contribution in [0.3, 0.4) is 0 Å². The first-order chi connectivity index (χ1) is 16.1. The molecule has 0 radical (unpaired) electrons. The van der Waals surface area contributed by atoms with Gasteiger partial charge in [-0.25, -0.2) is 14.6 Å². The smallest absolute Gasteiger partial charge is 0.338 e. The van der Waals surface area contributed by atoms with E-state index >= 15 is 0 Å². The maximum absolute atomic E-state index is 12.8. The summed E-state index contributed by atoms with van der Waals surface area (Å²) >= 11 is 0. The molecule has 9 heteroatoms. The molecule has 0 saturated carbocycles. The van der Waals surface area contributed by atoms with Crippen LogP contribution in [0.4, 0.5) is 4.79 Å². The zero-order valence-corrected chi connectivity index (χ0v) is 18.4. The molecule has 3 aromatic rings. The van der Waals surface area contributed by atoms with Crippen molar-refractivity contribution in [2.45, 2.75) is 31.7 Å². The highest BCUT2D eigenvalue weighted by Gasteiger charge is 2.36. The van der Waals surface area contributed by atoms with Crippen LogP contribution in [0.5, 0.6) is 0 Å². The van der Waals surface area contributed by atoms with E-state index in [0.29, 0.717) is 23.6 Å². The van der Waals surface area contributed by atoms with Crippen LogP contribution in [0.15, 0.2) is 62.8 Å². The monoisotopic (exact) mass is 450 g/mol. The van der Waals surface area contributed by atoms with Gasteiger partial charge in [-0.1, -0.05) is 12.1 Å². The minimum absolute atomic E-state index is 0.240. The molecule has 2 N–H and O–H groups in total. The van der Waals surface area contributed by atoms with E-state index in [0.717, 1.165) is 42.9 Å². The quantitative estimate of drug-likeness (QED) is 0.553. The summed E-state index contributed by atoms with van der Waals surface area (Å²) in [5, 5.41) is 5.60. The van der Waals surface area contributed by atoms with E-state index in [-0.39, 0.29) is 18.6 Å². The van der Waals surface area contributed by atoms with Gasteiger partial charge in [0.2, 0.25) is 0 Å². The number of likely N-dealkylation sites (tertiary alicyclic amines) is 1. The molecule has 2 aliphatic heterocycles. The normalized spacial score (nSPS) is 20.0. The number of ether oxygens (including phenoxy) is 1. The van der Waals surface area contributed by atoms with Crippen molar-refractivity contribution >= 4 is 23.1 Å². The van der Waals surface area contributed by atoms with Crippen molar-refractivity contribution in [1.29, 1.82) is 0 Å². The van der Waals surface area contributed by atoms with Gasteiger partial charge in [0.1, 0.15) is 17.3 Å². The number of carbonyl (C=O) groups excluding carboxylic acids is 2. The van der Waals surface area contributed by atoms with Gasteiger partial charge in [0.15, 0.2) is 11.5 Å². The fourth-order valence-corrected chi connectivity index (χ4v) is 4.49. The Labute approximate surface area is 190 Å². The summed E-state index contributed by atoms with van der Waals surface area (Å²) in [5.41, 5.74) is 2.59. The highest BCUT2D eigenvalue weighted by atomic mass is 16.5. The average molecular weight is 450 g/mol. The minimum Gasteiger partial charge on any atom is -0.467 e. The van der Waals surface area contributed by atoms with Crippen molar-refractivity contribution < 1.29 is 23.2 Å². The van der Waals surface area contributed by atoms with Gasteiger partial charge in [0.05, 0.1) is 18.4 Å². The highest BCUT2D eigenvalue weighted by molar-refractivity contribution is 5.95. The van der Waals surface area contributed by atoms with E-state index in [1.165, 1.54) is 6.26 Å². The van der Waals surface area contributed by atoms with Gasteiger partial charge in [-0.3, -0.25) is 4.90 Å². The van der Waals surface area contributed by atoms with Crippen LogP contribution in [0.25, 0.3) is 11.1 Å². The van der Waals surface area contributed by atoms with Gasteiger partial charge < -0.3 is 24.2 Å². The third-order valence-electron chi connectivity index (χ3n) is 6.11. The standard InChI is InChI=1S/C24H26N4O5/c1-2-31-23(29)20-17(26-24(30)27-21(20)19-8-5-13-32-19)14-28-11-9-15(10-12-28)22-25-16-6-3-4-7-18(16)33-22/h3-8,13,15,21H,2,9-12,14H2,1H3,(H2,26,27,30)/t21-/m0/s1. The lowest BCUT2D eigenvalue weighted by Gasteiger charge is -2.34. The molecule has 0 bridgehead atoms. The lowest BCUT2D eigenvalue weighted by Crippen LogP contribution is -2.49. The molecule has 1 atom stereocenters. The van der Waals surface area contributed by atoms with Crippen LogP contribution in [0.2, 0.25) is 0 Å². The molecule has 172 valence electrons. The molecule has 1 fully saturated rings. The molecule has 2 amide bonds. The number of furan rings is 1. The van der Waals surface area contributed by atoms with E-state index in [1.54, 1.807) is 19.1 Å². The second kappa shape index (κ2) is 9.11. The fraction of sp³-hybridized carbons (Fsp3) is 0.375. The van der Waals surface area contributed by atoms with E-state index in [2.05, 4.69) is 20.5 Å². The Morgan fingerprint density at radius 2 is 2.03 bits per heavy atom.